The summed E-state index contributed by atoms with van der Waals surface area (Å²) in [4.78, 5) is 0. The summed E-state index contributed by atoms with van der Waals surface area (Å²) in [5, 5.41) is 0. The van der Waals surface area contributed by atoms with Gasteiger partial charge in [0, 0.05) is 5.92 Å². The predicted molar refractivity (Wildman–Crippen MR) is 115 cm³/mol. The minimum atomic E-state index is -4.48. The number of hydrogen-bond acceptors (Lipinski definition) is 1. The SMILES string of the molecule is CCCC1CCC(C2CCC(c3cc(F)c4c(c3)CC(C)C(C(F)(F)F)O4)CC2)CC1. The first-order chi connectivity index (χ1) is 14.8. The second kappa shape index (κ2) is 9.31. The van der Waals surface area contributed by atoms with Gasteiger partial charge in [0.25, 0.3) is 0 Å². The number of halogens is 4. The van der Waals surface area contributed by atoms with E-state index in [4.69, 9.17) is 4.74 Å². The van der Waals surface area contributed by atoms with Crippen LogP contribution in [0.2, 0.25) is 0 Å². The molecule has 1 aromatic carbocycles. The fraction of sp³-hybridized carbons (Fsp3) is 0.769. The van der Waals surface area contributed by atoms with Crippen LogP contribution in [0.1, 0.15) is 95.1 Å². The van der Waals surface area contributed by atoms with Gasteiger partial charge in [0.05, 0.1) is 0 Å². The van der Waals surface area contributed by atoms with Gasteiger partial charge in [0.2, 0.25) is 0 Å². The molecule has 1 nitrogen and oxygen atoms in total. The Kier molecular flexibility index (Phi) is 6.88. The molecule has 0 bridgehead atoms. The molecule has 1 heterocycles. The summed E-state index contributed by atoms with van der Waals surface area (Å²) in [5.41, 5.74) is 1.54. The Morgan fingerprint density at radius 3 is 2.13 bits per heavy atom. The third-order valence-corrected chi connectivity index (χ3v) is 8.27. The van der Waals surface area contributed by atoms with Crippen molar-refractivity contribution in [3.05, 3.63) is 29.1 Å². The van der Waals surface area contributed by atoms with E-state index in [0.29, 0.717) is 11.5 Å². The van der Waals surface area contributed by atoms with Gasteiger partial charge in [-0.3, -0.25) is 0 Å². The van der Waals surface area contributed by atoms with Crippen LogP contribution in [-0.4, -0.2) is 12.3 Å². The van der Waals surface area contributed by atoms with Crippen molar-refractivity contribution in [3.8, 4) is 5.75 Å². The van der Waals surface area contributed by atoms with Crippen molar-refractivity contribution in [3.63, 3.8) is 0 Å². The lowest BCUT2D eigenvalue weighted by Crippen LogP contribution is -2.43. The zero-order valence-electron chi connectivity index (χ0n) is 18.8. The van der Waals surface area contributed by atoms with Crippen LogP contribution in [0.5, 0.6) is 5.75 Å². The topological polar surface area (TPSA) is 9.23 Å². The van der Waals surface area contributed by atoms with Crippen molar-refractivity contribution in [1.82, 2.24) is 0 Å². The second-order valence-electron chi connectivity index (χ2n) is 10.4. The Bertz CT molecular complexity index is 743. The van der Waals surface area contributed by atoms with Crippen LogP contribution in [0.4, 0.5) is 17.6 Å². The number of rotatable bonds is 4. The molecular formula is C26H36F4O. The van der Waals surface area contributed by atoms with E-state index in [9.17, 15) is 17.6 Å². The van der Waals surface area contributed by atoms with Gasteiger partial charge in [-0.05, 0) is 85.8 Å². The van der Waals surface area contributed by atoms with Crippen LogP contribution >= 0.6 is 0 Å². The van der Waals surface area contributed by atoms with Crippen molar-refractivity contribution < 1.29 is 22.3 Å². The minimum Gasteiger partial charge on any atom is -0.477 e. The van der Waals surface area contributed by atoms with Crippen molar-refractivity contribution in [2.45, 2.75) is 103 Å². The number of ether oxygens (including phenoxy) is 1. The highest BCUT2D eigenvalue weighted by Gasteiger charge is 2.48. The largest absolute Gasteiger partial charge is 0.477 e. The molecule has 0 amide bonds. The van der Waals surface area contributed by atoms with Gasteiger partial charge >= 0.3 is 6.18 Å². The fourth-order valence-electron chi connectivity index (χ4n) is 6.56. The highest BCUT2D eigenvalue weighted by Crippen LogP contribution is 2.46. The van der Waals surface area contributed by atoms with E-state index in [-0.39, 0.29) is 12.2 Å². The third kappa shape index (κ3) is 5.06. The minimum absolute atomic E-state index is 0.193. The molecule has 2 saturated carbocycles. The summed E-state index contributed by atoms with van der Waals surface area (Å²) in [7, 11) is 0. The van der Waals surface area contributed by atoms with Gasteiger partial charge < -0.3 is 4.74 Å². The summed E-state index contributed by atoms with van der Waals surface area (Å²) >= 11 is 0. The van der Waals surface area contributed by atoms with Gasteiger partial charge in [0.1, 0.15) is 0 Å². The van der Waals surface area contributed by atoms with Gasteiger partial charge in [-0.2, -0.15) is 13.2 Å². The molecule has 0 radical (unpaired) electrons. The smallest absolute Gasteiger partial charge is 0.425 e. The average molecular weight is 441 g/mol. The van der Waals surface area contributed by atoms with E-state index in [0.717, 1.165) is 36.2 Å². The molecule has 2 fully saturated rings. The summed E-state index contributed by atoms with van der Waals surface area (Å²) in [6, 6.07) is 3.35. The van der Waals surface area contributed by atoms with Crippen LogP contribution in [0.3, 0.4) is 0 Å². The molecular weight excluding hydrogens is 404 g/mol. The van der Waals surface area contributed by atoms with Crippen LogP contribution in [0.15, 0.2) is 12.1 Å². The molecule has 0 spiro atoms. The lowest BCUT2D eigenvalue weighted by atomic mass is 9.68. The maximum absolute atomic E-state index is 14.8. The van der Waals surface area contributed by atoms with Gasteiger partial charge in [-0.25, -0.2) is 4.39 Å². The molecule has 2 aliphatic carbocycles. The number of fused-ring (bicyclic) bond motifs is 1. The molecule has 174 valence electrons. The molecule has 1 aliphatic heterocycles. The van der Waals surface area contributed by atoms with E-state index in [1.165, 1.54) is 64.4 Å². The van der Waals surface area contributed by atoms with E-state index in [1.54, 1.807) is 0 Å². The summed E-state index contributed by atoms with van der Waals surface area (Å²) in [6.45, 7) is 3.81. The zero-order chi connectivity index (χ0) is 22.2. The Labute approximate surface area is 183 Å². The summed E-state index contributed by atoms with van der Waals surface area (Å²) in [5.74, 6) is 1.34. The van der Waals surface area contributed by atoms with E-state index < -0.39 is 24.0 Å². The third-order valence-electron chi connectivity index (χ3n) is 8.27. The first-order valence-corrected chi connectivity index (χ1v) is 12.3. The Hall–Kier alpha value is -1.26. The lowest BCUT2D eigenvalue weighted by Gasteiger charge is -2.38. The first-order valence-electron chi connectivity index (χ1n) is 12.3. The Balaban J connectivity index is 1.38. The highest BCUT2D eigenvalue weighted by atomic mass is 19.4. The monoisotopic (exact) mass is 440 g/mol. The van der Waals surface area contributed by atoms with Crippen molar-refractivity contribution >= 4 is 0 Å². The molecule has 2 unspecified atom stereocenters. The van der Waals surface area contributed by atoms with Crippen molar-refractivity contribution in [2.75, 3.05) is 0 Å². The lowest BCUT2D eigenvalue weighted by molar-refractivity contribution is -0.212. The van der Waals surface area contributed by atoms with Gasteiger partial charge in [-0.15, -0.1) is 0 Å². The maximum Gasteiger partial charge on any atom is 0.425 e. The molecule has 3 aliphatic rings. The standard InChI is InChI=1S/C26H36F4O/c1-3-4-17-5-7-18(8-6-17)19-9-11-20(12-10-19)21-14-22-13-16(2)25(26(28,29)30)31-24(22)23(27)15-21/h14-20,25H,3-13H2,1-2H3. The van der Waals surface area contributed by atoms with Gasteiger partial charge in [0.15, 0.2) is 17.7 Å². The van der Waals surface area contributed by atoms with Crippen LogP contribution in [-0.2, 0) is 6.42 Å². The fourth-order valence-corrected chi connectivity index (χ4v) is 6.56. The number of alkyl halides is 3. The van der Waals surface area contributed by atoms with Crippen LogP contribution in [0.25, 0.3) is 0 Å². The molecule has 1 aromatic rings. The van der Waals surface area contributed by atoms with Crippen LogP contribution in [0, 0.1) is 29.5 Å². The molecule has 0 saturated heterocycles. The van der Waals surface area contributed by atoms with Crippen molar-refractivity contribution in [1.29, 1.82) is 0 Å². The zero-order valence-corrected chi connectivity index (χ0v) is 18.8. The van der Waals surface area contributed by atoms with E-state index >= 15 is 0 Å². The Morgan fingerprint density at radius 2 is 1.55 bits per heavy atom. The normalized spacial score (nSPS) is 34.1. The first kappa shape index (κ1) is 22.9. The molecule has 2 atom stereocenters. The van der Waals surface area contributed by atoms with E-state index in [2.05, 4.69) is 6.92 Å². The quantitative estimate of drug-likeness (QED) is 0.429. The molecule has 0 N–H and O–H groups in total. The number of hydrogen-bond donors (Lipinski definition) is 0. The average Bonchev–Trinajstić information content (AvgIpc) is 2.73. The highest BCUT2D eigenvalue weighted by molar-refractivity contribution is 5.42. The van der Waals surface area contributed by atoms with E-state index in [1.807, 2.05) is 6.07 Å². The Morgan fingerprint density at radius 1 is 0.935 bits per heavy atom. The predicted octanol–water partition coefficient (Wildman–Crippen LogP) is 8.21. The summed E-state index contributed by atoms with van der Waals surface area (Å²) < 4.78 is 59.4. The molecule has 31 heavy (non-hydrogen) atoms. The molecule has 5 heteroatoms. The van der Waals surface area contributed by atoms with Crippen LogP contribution < -0.4 is 4.74 Å². The number of benzene rings is 1. The molecule has 0 aromatic heterocycles. The van der Waals surface area contributed by atoms with Crippen molar-refractivity contribution in [2.24, 2.45) is 23.7 Å². The van der Waals surface area contributed by atoms with Gasteiger partial charge in [-0.1, -0.05) is 45.6 Å². The summed E-state index contributed by atoms with van der Waals surface area (Å²) in [6.07, 6.45) is 6.45. The molecule has 4 rings (SSSR count). The maximum atomic E-state index is 14.8. The second-order valence-corrected chi connectivity index (χ2v) is 10.4.